The summed E-state index contributed by atoms with van der Waals surface area (Å²) in [6.07, 6.45) is 0.767. The number of halogens is 1. The molecule has 1 N–H and O–H groups in total. The molecular formula is C13H16IN3O. The summed E-state index contributed by atoms with van der Waals surface area (Å²) in [6.45, 7) is 4.17. The third-order valence-corrected chi connectivity index (χ3v) is 4.03. The molecule has 1 unspecified atom stereocenters. The van der Waals surface area contributed by atoms with E-state index in [-0.39, 0.29) is 0 Å². The average molecular weight is 357 g/mol. The van der Waals surface area contributed by atoms with Gasteiger partial charge in [-0.05, 0) is 61.2 Å². The van der Waals surface area contributed by atoms with E-state index in [9.17, 15) is 0 Å². The van der Waals surface area contributed by atoms with Gasteiger partial charge in [-0.25, -0.2) is 0 Å². The highest BCUT2D eigenvalue weighted by atomic mass is 127. The fourth-order valence-electron chi connectivity index (χ4n) is 1.56. The lowest BCUT2D eigenvalue weighted by Gasteiger charge is -2.04. The third-order valence-electron chi connectivity index (χ3n) is 2.87. The predicted octanol–water partition coefficient (Wildman–Crippen LogP) is 2.80. The van der Waals surface area contributed by atoms with Crippen LogP contribution in [0.5, 0.6) is 0 Å². The summed E-state index contributed by atoms with van der Waals surface area (Å²) in [5, 5.41) is 7.16. The molecule has 1 heterocycles. The Bertz CT molecular complexity index is 539. The molecule has 0 fully saturated rings. The number of hydrogen-bond acceptors (Lipinski definition) is 4. The molecule has 0 aliphatic rings. The average Bonchev–Trinajstić information content (AvgIpc) is 2.81. The van der Waals surface area contributed by atoms with Gasteiger partial charge in [-0.15, -0.1) is 0 Å². The highest BCUT2D eigenvalue weighted by Gasteiger charge is 2.11. The predicted molar refractivity (Wildman–Crippen MR) is 79.4 cm³/mol. The van der Waals surface area contributed by atoms with Gasteiger partial charge in [0, 0.05) is 21.6 Å². The number of nitrogens with one attached hydrogen (secondary N) is 1. The van der Waals surface area contributed by atoms with Crippen LogP contribution in [0.4, 0.5) is 0 Å². The minimum atomic E-state index is 0.341. The Morgan fingerprint density at radius 3 is 2.89 bits per heavy atom. The van der Waals surface area contributed by atoms with Crippen LogP contribution in [0.15, 0.2) is 22.7 Å². The van der Waals surface area contributed by atoms with Gasteiger partial charge < -0.3 is 9.84 Å². The quantitative estimate of drug-likeness (QED) is 0.855. The maximum absolute atomic E-state index is 5.30. The van der Waals surface area contributed by atoms with Gasteiger partial charge in [-0.2, -0.15) is 4.98 Å². The van der Waals surface area contributed by atoms with Crippen molar-refractivity contribution in [1.82, 2.24) is 15.5 Å². The molecule has 1 aromatic heterocycles. The van der Waals surface area contributed by atoms with Crippen LogP contribution in [0.1, 0.15) is 18.3 Å². The van der Waals surface area contributed by atoms with E-state index in [2.05, 4.69) is 64.0 Å². The first-order chi connectivity index (χ1) is 8.60. The largest absolute Gasteiger partial charge is 0.334 e. The Labute approximate surface area is 120 Å². The summed E-state index contributed by atoms with van der Waals surface area (Å²) >= 11 is 2.31. The number of hydrogen-bond donors (Lipinski definition) is 1. The van der Waals surface area contributed by atoms with Gasteiger partial charge in [0.1, 0.15) is 0 Å². The molecule has 0 radical (unpaired) electrons. The van der Waals surface area contributed by atoms with Crippen molar-refractivity contribution >= 4 is 22.6 Å². The maximum Gasteiger partial charge on any atom is 0.257 e. The van der Waals surface area contributed by atoms with Gasteiger partial charge in [0.15, 0.2) is 5.82 Å². The molecule has 4 nitrogen and oxygen atoms in total. The van der Waals surface area contributed by atoms with Gasteiger partial charge in [0.05, 0.1) is 0 Å². The lowest BCUT2D eigenvalue weighted by Crippen LogP contribution is -2.24. The molecule has 0 saturated carbocycles. The highest BCUT2D eigenvalue weighted by Crippen LogP contribution is 2.22. The molecule has 0 aliphatic heterocycles. The molecule has 96 valence electrons. The van der Waals surface area contributed by atoms with Crippen molar-refractivity contribution in [3.63, 3.8) is 0 Å². The maximum atomic E-state index is 5.30. The summed E-state index contributed by atoms with van der Waals surface area (Å²) < 4.78 is 6.50. The zero-order valence-electron chi connectivity index (χ0n) is 10.7. The third kappa shape index (κ3) is 3.08. The Morgan fingerprint density at radius 1 is 1.44 bits per heavy atom. The minimum Gasteiger partial charge on any atom is -0.334 e. The SMILES string of the molecule is CNC(C)Cc1noc(-c2ccc(C)c(I)c2)n1. The molecule has 0 aliphatic carbocycles. The molecule has 2 aromatic rings. The van der Waals surface area contributed by atoms with Crippen LogP contribution >= 0.6 is 22.6 Å². The first kappa shape index (κ1) is 13.5. The van der Waals surface area contributed by atoms with E-state index in [1.807, 2.05) is 13.1 Å². The number of aryl methyl sites for hydroxylation is 1. The fraction of sp³-hybridized carbons (Fsp3) is 0.385. The van der Waals surface area contributed by atoms with E-state index in [1.165, 1.54) is 9.13 Å². The smallest absolute Gasteiger partial charge is 0.257 e. The van der Waals surface area contributed by atoms with E-state index >= 15 is 0 Å². The lowest BCUT2D eigenvalue weighted by molar-refractivity contribution is 0.418. The van der Waals surface area contributed by atoms with Crippen molar-refractivity contribution < 1.29 is 4.52 Å². The molecule has 1 atom stereocenters. The van der Waals surface area contributed by atoms with E-state index in [1.54, 1.807) is 0 Å². The number of benzene rings is 1. The van der Waals surface area contributed by atoms with Crippen LogP contribution in [-0.4, -0.2) is 23.2 Å². The van der Waals surface area contributed by atoms with Gasteiger partial charge in [-0.1, -0.05) is 11.2 Å². The van der Waals surface area contributed by atoms with E-state index < -0.39 is 0 Å². The normalized spacial score (nSPS) is 12.7. The minimum absolute atomic E-state index is 0.341. The Morgan fingerprint density at radius 2 is 2.22 bits per heavy atom. The summed E-state index contributed by atoms with van der Waals surface area (Å²) in [7, 11) is 1.92. The van der Waals surface area contributed by atoms with Gasteiger partial charge in [0.2, 0.25) is 0 Å². The van der Waals surface area contributed by atoms with Crippen molar-refractivity contribution in [2.24, 2.45) is 0 Å². The van der Waals surface area contributed by atoms with Crippen molar-refractivity contribution in [1.29, 1.82) is 0 Å². The molecule has 18 heavy (non-hydrogen) atoms. The summed E-state index contributed by atoms with van der Waals surface area (Å²) in [6, 6.07) is 6.48. The van der Waals surface area contributed by atoms with Gasteiger partial charge in [0.25, 0.3) is 5.89 Å². The van der Waals surface area contributed by atoms with Crippen molar-refractivity contribution in [3.8, 4) is 11.5 Å². The lowest BCUT2D eigenvalue weighted by atomic mass is 10.1. The second-order valence-corrected chi connectivity index (χ2v) is 5.54. The van der Waals surface area contributed by atoms with Crippen LogP contribution in [0.25, 0.3) is 11.5 Å². The molecule has 2 rings (SSSR count). The van der Waals surface area contributed by atoms with Crippen molar-refractivity contribution in [3.05, 3.63) is 33.2 Å². The molecule has 0 spiro atoms. The van der Waals surface area contributed by atoms with E-state index in [0.717, 1.165) is 17.8 Å². The number of nitrogens with zero attached hydrogens (tertiary/aromatic N) is 2. The Kier molecular flexibility index (Phi) is 4.34. The van der Waals surface area contributed by atoms with Gasteiger partial charge in [-0.3, -0.25) is 0 Å². The highest BCUT2D eigenvalue weighted by molar-refractivity contribution is 14.1. The van der Waals surface area contributed by atoms with E-state index in [0.29, 0.717) is 11.9 Å². The van der Waals surface area contributed by atoms with Crippen molar-refractivity contribution in [2.75, 3.05) is 7.05 Å². The zero-order chi connectivity index (χ0) is 13.1. The molecule has 5 heteroatoms. The standard InChI is InChI=1S/C13H16IN3O/c1-8-4-5-10(7-11(8)14)13-16-12(17-18-13)6-9(2)15-3/h4-5,7,9,15H,6H2,1-3H3. The van der Waals surface area contributed by atoms with Crippen LogP contribution in [0.3, 0.4) is 0 Å². The number of aromatic nitrogens is 2. The number of likely N-dealkylation sites (N-methyl/N-ethyl adjacent to an activating group) is 1. The topological polar surface area (TPSA) is 51.0 Å². The van der Waals surface area contributed by atoms with Crippen molar-refractivity contribution in [2.45, 2.75) is 26.3 Å². The van der Waals surface area contributed by atoms with Crippen LogP contribution in [0, 0.1) is 10.5 Å². The molecule has 0 bridgehead atoms. The van der Waals surface area contributed by atoms with Crippen LogP contribution < -0.4 is 5.32 Å². The van der Waals surface area contributed by atoms with Gasteiger partial charge >= 0.3 is 0 Å². The second-order valence-electron chi connectivity index (χ2n) is 4.37. The zero-order valence-corrected chi connectivity index (χ0v) is 12.9. The summed E-state index contributed by atoms with van der Waals surface area (Å²) in [4.78, 5) is 4.42. The number of rotatable bonds is 4. The molecular weight excluding hydrogens is 341 g/mol. The molecule has 0 saturated heterocycles. The Balaban J connectivity index is 2.21. The first-order valence-electron chi connectivity index (χ1n) is 5.86. The summed E-state index contributed by atoms with van der Waals surface area (Å²) in [5.74, 6) is 1.33. The first-order valence-corrected chi connectivity index (χ1v) is 6.94. The summed E-state index contributed by atoms with van der Waals surface area (Å²) in [5.41, 5.74) is 2.23. The second kappa shape index (κ2) is 5.79. The monoisotopic (exact) mass is 357 g/mol. The Hall–Kier alpha value is -0.950. The molecule has 1 aromatic carbocycles. The fourth-order valence-corrected chi connectivity index (χ4v) is 2.07. The van der Waals surface area contributed by atoms with E-state index in [4.69, 9.17) is 4.52 Å². The molecule has 0 amide bonds. The van der Waals surface area contributed by atoms with Crippen LogP contribution in [-0.2, 0) is 6.42 Å². The van der Waals surface area contributed by atoms with Crippen LogP contribution in [0.2, 0.25) is 0 Å².